The summed E-state index contributed by atoms with van der Waals surface area (Å²) in [6, 6.07) is 13.5. The predicted molar refractivity (Wildman–Crippen MR) is 159 cm³/mol. The van der Waals surface area contributed by atoms with Crippen LogP contribution < -0.4 is 33.8 Å². The Labute approximate surface area is 261 Å². The van der Waals surface area contributed by atoms with Gasteiger partial charge < -0.3 is 37.6 Å². The maximum Gasteiger partial charge on any atom is 0.308 e. The molecule has 2 atom stereocenters. The maximum absolute atomic E-state index is 13.3. The van der Waals surface area contributed by atoms with Crippen LogP contribution in [-0.4, -0.2) is 43.7 Å². The van der Waals surface area contributed by atoms with E-state index in [-0.39, 0.29) is 52.1 Å². The van der Waals surface area contributed by atoms with Crippen molar-refractivity contribution < 1.29 is 56.8 Å². The molecule has 1 aliphatic rings. The zero-order valence-corrected chi connectivity index (χ0v) is 25.4. The van der Waals surface area contributed by atoms with Gasteiger partial charge in [-0.15, -0.1) is 0 Å². The highest BCUT2D eigenvalue weighted by Crippen LogP contribution is 2.44. The van der Waals surface area contributed by atoms with Gasteiger partial charge in [0.05, 0.1) is 7.11 Å². The van der Waals surface area contributed by atoms with Crippen molar-refractivity contribution in [3.8, 4) is 45.8 Å². The lowest BCUT2D eigenvalue weighted by molar-refractivity contribution is -0.146. The lowest BCUT2D eigenvalue weighted by Crippen LogP contribution is -2.37. The summed E-state index contributed by atoms with van der Waals surface area (Å²) in [6.07, 6.45) is -1.59. The van der Waals surface area contributed by atoms with E-state index >= 15 is 0 Å². The average Bonchev–Trinajstić information content (AvgIpc) is 2.98. The first kappa shape index (κ1) is 31.6. The molecular formula is C33H28O13. The SMILES string of the molecule is COc1cc([C@H]2Oc3cc(-c4cc(=O)c5c(OC(C)=O)cc(OC(C)=O)cc5o4)ccc3O[C@@H]2COC(C)=O)ccc1OC(C)=O. The molecule has 0 spiro atoms. The van der Waals surface area contributed by atoms with E-state index in [1.54, 1.807) is 36.4 Å². The summed E-state index contributed by atoms with van der Waals surface area (Å²) in [6.45, 7) is 4.78. The van der Waals surface area contributed by atoms with Crippen molar-refractivity contribution in [2.75, 3.05) is 13.7 Å². The van der Waals surface area contributed by atoms with Gasteiger partial charge in [-0.1, -0.05) is 6.07 Å². The maximum atomic E-state index is 13.3. The van der Waals surface area contributed by atoms with Gasteiger partial charge in [-0.2, -0.15) is 0 Å². The minimum Gasteiger partial charge on any atom is -0.493 e. The summed E-state index contributed by atoms with van der Waals surface area (Å²) in [4.78, 5) is 59.7. The minimum absolute atomic E-state index is 0.00618. The molecule has 3 aromatic carbocycles. The fourth-order valence-corrected chi connectivity index (χ4v) is 4.82. The lowest BCUT2D eigenvalue weighted by Gasteiger charge is -2.34. The van der Waals surface area contributed by atoms with E-state index in [9.17, 15) is 24.0 Å². The van der Waals surface area contributed by atoms with Gasteiger partial charge in [0.15, 0.2) is 40.6 Å². The van der Waals surface area contributed by atoms with Crippen molar-refractivity contribution in [1.29, 1.82) is 0 Å². The highest BCUT2D eigenvalue weighted by molar-refractivity contribution is 5.89. The largest absolute Gasteiger partial charge is 0.493 e. The Balaban J connectivity index is 1.56. The Kier molecular flexibility index (Phi) is 8.94. The molecule has 1 aromatic heterocycles. The standard InChI is InChI=1S/C33H28O13/c1-16(34)40-15-31-33(21-7-9-24(42-18(3)36)27(11-21)39-5)46-28-10-20(6-8-25(28)44-31)26-14-23(38)32-29(43-19(4)37)12-22(41-17(2)35)13-30(32)45-26/h6-14,31,33H,15H2,1-5H3/t31-,33-/m1/s1. The number of methoxy groups -OCH3 is 1. The first-order valence-corrected chi connectivity index (χ1v) is 13.9. The molecule has 238 valence electrons. The average molecular weight is 633 g/mol. The molecule has 0 saturated carbocycles. The van der Waals surface area contributed by atoms with Crippen LogP contribution in [0.15, 0.2) is 63.8 Å². The van der Waals surface area contributed by atoms with E-state index in [1.807, 2.05) is 0 Å². The summed E-state index contributed by atoms with van der Waals surface area (Å²) in [5, 5.41) is -0.0214. The van der Waals surface area contributed by atoms with E-state index in [0.717, 1.165) is 0 Å². The number of ether oxygens (including phenoxy) is 7. The Hall–Kier alpha value is -5.85. The number of benzene rings is 3. The first-order chi connectivity index (χ1) is 21.9. The number of hydrogen-bond donors (Lipinski definition) is 0. The molecule has 0 unspecified atom stereocenters. The summed E-state index contributed by atoms with van der Waals surface area (Å²) in [7, 11) is 1.42. The molecule has 2 heterocycles. The van der Waals surface area contributed by atoms with Crippen LogP contribution in [0.1, 0.15) is 39.4 Å². The molecule has 0 aliphatic carbocycles. The van der Waals surface area contributed by atoms with Gasteiger partial charge in [0.1, 0.15) is 34.8 Å². The van der Waals surface area contributed by atoms with Crippen LogP contribution in [0.25, 0.3) is 22.3 Å². The Morgan fingerprint density at radius 1 is 0.717 bits per heavy atom. The molecular weight excluding hydrogens is 604 g/mol. The normalized spacial score (nSPS) is 15.1. The monoisotopic (exact) mass is 632 g/mol. The first-order valence-electron chi connectivity index (χ1n) is 13.9. The Morgan fingerprint density at radius 2 is 1.43 bits per heavy atom. The van der Waals surface area contributed by atoms with Gasteiger partial charge in [-0.05, 0) is 30.3 Å². The van der Waals surface area contributed by atoms with Crippen molar-refractivity contribution in [2.45, 2.75) is 39.9 Å². The molecule has 0 amide bonds. The molecule has 1 aliphatic heterocycles. The summed E-state index contributed by atoms with van der Waals surface area (Å²) in [5.74, 6) is -1.25. The minimum atomic E-state index is -0.816. The Morgan fingerprint density at radius 3 is 2.11 bits per heavy atom. The molecule has 13 nitrogen and oxygen atoms in total. The molecule has 0 bridgehead atoms. The second-order valence-corrected chi connectivity index (χ2v) is 10.1. The summed E-state index contributed by atoms with van der Waals surface area (Å²) >= 11 is 0. The molecule has 13 heteroatoms. The quantitative estimate of drug-likeness (QED) is 0.194. The van der Waals surface area contributed by atoms with E-state index in [1.165, 1.54) is 53.0 Å². The number of carbonyl (C=O) groups is 4. The van der Waals surface area contributed by atoms with E-state index in [2.05, 4.69) is 0 Å². The van der Waals surface area contributed by atoms with Gasteiger partial charge in [0, 0.05) is 57.0 Å². The Bertz CT molecular complexity index is 1920. The second-order valence-electron chi connectivity index (χ2n) is 10.1. The second kappa shape index (κ2) is 13.0. The van der Waals surface area contributed by atoms with Gasteiger partial charge in [-0.3, -0.25) is 24.0 Å². The van der Waals surface area contributed by atoms with Crippen LogP contribution in [0.3, 0.4) is 0 Å². The fraction of sp³-hybridized carbons (Fsp3) is 0.242. The highest BCUT2D eigenvalue weighted by Gasteiger charge is 2.35. The number of esters is 4. The molecule has 4 aromatic rings. The predicted octanol–water partition coefficient (Wildman–Crippen LogP) is 4.69. The van der Waals surface area contributed by atoms with Crippen LogP contribution >= 0.6 is 0 Å². The van der Waals surface area contributed by atoms with Crippen LogP contribution in [-0.2, 0) is 23.9 Å². The number of carbonyl (C=O) groups excluding carboxylic acids is 4. The lowest BCUT2D eigenvalue weighted by atomic mass is 10.0. The van der Waals surface area contributed by atoms with Crippen LogP contribution in [0.2, 0.25) is 0 Å². The molecule has 46 heavy (non-hydrogen) atoms. The molecule has 5 rings (SSSR count). The molecule has 0 N–H and O–H groups in total. The molecule has 0 fully saturated rings. The topological polar surface area (TPSA) is 163 Å². The molecule has 0 saturated heterocycles. The van der Waals surface area contributed by atoms with Crippen LogP contribution in [0.4, 0.5) is 0 Å². The van der Waals surface area contributed by atoms with Gasteiger partial charge in [-0.25, -0.2) is 0 Å². The van der Waals surface area contributed by atoms with Gasteiger partial charge in [0.25, 0.3) is 0 Å². The summed E-state index contributed by atoms with van der Waals surface area (Å²) in [5.41, 5.74) is 0.477. The van der Waals surface area contributed by atoms with Crippen molar-refractivity contribution >= 4 is 34.8 Å². The van der Waals surface area contributed by atoms with Crippen molar-refractivity contribution in [3.05, 3.63) is 70.4 Å². The number of rotatable bonds is 8. The third-order valence-electron chi connectivity index (χ3n) is 6.60. The van der Waals surface area contributed by atoms with Crippen LogP contribution in [0.5, 0.6) is 34.5 Å². The fourth-order valence-electron chi connectivity index (χ4n) is 4.82. The highest BCUT2D eigenvalue weighted by atomic mass is 16.6. The van der Waals surface area contributed by atoms with Crippen LogP contribution in [0, 0.1) is 0 Å². The zero-order chi connectivity index (χ0) is 33.1. The van der Waals surface area contributed by atoms with Gasteiger partial charge >= 0.3 is 23.9 Å². The third kappa shape index (κ3) is 6.93. The van der Waals surface area contributed by atoms with E-state index < -0.39 is 41.5 Å². The van der Waals surface area contributed by atoms with E-state index in [4.69, 9.17) is 37.6 Å². The van der Waals surface area contributed by atoms with E-state index in [0.29, 0.717) is 16.9 Å². The summed E-state index contributed by atoms with van der Waals surface area (Å²) < 4.78 is 44.8. The van der Waals surface area contributed by atoms with Gasteiger partial charge in [0.2, 0.25) is 0 Å². The van der Waals surface area contributed by atoms with Crippen molar-refractivity contribution in [1.82, 2.24) is 0 Å². The number of hydrogen-bond acceptors (Lipinski definition) is 13. The smallest absolute Gasteiger partial charge is 0.308 e. The van der Waals surface area contributed by atoms with Crippen molar-refractivity contribution in [3.63, 3.8) is 0 Å². The number of fused-ring (bicyclic) bond motifs is 2. The third-order valence-corrected chi connectivity index (χ3v) is 6.60. The van der Waals surface area contributed by atoms with Crippen molar-refractivity contribution in [2.24, 2.45) is 0 Å². The molecule has 0 radical (unpaired) electrons. The zero-order valence-electron chi connectivity index (χ0n) is 25.4.